The molecular formula is C20H12ClN3O5. The molecule has 0 unspecified atom stereocenters. The van der Waals surface area contributed by atoms with E-state index < -0.39 is 10.8 Å². The van der Waals surface area contributed by atoms with Gasteiger partial charge in [-0.3, -0.25) is 14.9 Å². The Hall–Kier alpha value is -4.09. The van der Waals surface area contributed by atoms with E-state index in [9.17, 15) is 25.3 Å². The molecule has 0 atom stereocenters. The molecule has 0 bridgehead atoms. The summed E-state index contributed by atoms with van der Waals surface area (Å²) in [6, 6.07) is 14.7. The molecule has 9 heteroatoms. The molecule has 0 aliphatic rings. The third-order valence-electron chi connectivity index (χ3n) is 3.83. The van der Waals surface area contributed by atoms with Gasteiger partial charge in [-0.2, -0.15) is 5.26 Å². The van der Waals surface area contributed by atoms with Gasteiger partial charge in [0.25, 0.3) is 11.6 Å². The number of carbonyl (C=O) groups excluding carboxylic acids is 1. The first-order chi connectivity index (χ1) is 13.9. The zero-order chi connectivity index (χ0) is 21.0. The molecule has 2 N–H and O–H groups in total. The van der Waals surface area contributed by atoms with Crippen LogP contribution < -0.4 is 5.32 Å². The van der Waals surface area contributed by atoms with Crippen LogP contribution in [0.2, 0.25) is 5.02 Å². The number of phenolic OH excluding ortho intramolecular Hbond substituents is 1. The molecule has 0 aliphatic carbocycles. The predicted octanol–water partition coefficient (Wildman–Crippen LogP) is 4.76. The molecular weight excluding hydrogens is 398 g/mol. The molecule has 2 aromatic carbocycles. The second-order valence-corrected chi connectivity index (χ2v) is 6.20. The SMILES string of the molecule is N#C/C(=C\c1ccc(-c2ccc([N+](=O)[O-])cc2Cl)o1)C(=O)Nc1ccc(O)cc1. The van der Waals surface area contributed by atoms with Crippen LogP contribution in [-0.4, -0.2) is 15.9 Å². The molecule has 0 saturated heterocycles. The lowest BCUT2D eigenvalue weighted by molar-refractivity contribution is -0.384. The van der Waals surface area contributed by atoms with Crippen LogP contribution in [0.5, 0.6) is 5.75 Å². The number of halogens is 1. The molecule has 3 rings (SSSR count). The van der Waals surface area contributed by atoms with Crippen LogP contribution in [0, 0.1) is 21.4 Å². The molecule has 0 spiro atoms. The fraction of sp³-hybridized carbons (Fsp3) is 0. The van der Waals surface area contributed by atoms with E-state index in [-0.39, 0.29) is 27.8 Å². The number of nitriles is 1. The summed E-state index contributed by atoms with van der Waals surface area (Å²) in [5.41, 5.74) is 0.493. The standard InChI is InChI=1S/C20H12ClN3O5/c21-18-10-14(24(27)28)3-7-17(18)19-8-6-16(29-19)9-12(11-22)20(26)23-13-1-4-15(25)5-2-13/h1-10,25H,(H,23,26)/b12-9+. The maximum atomic E-state index is 12.3. The maximum absolute atomic E-state index is 12.3. The zero-order valence-corrected chi connectivity index (χ0v) is 15.4. The van der Waals surface area contributed by atoms with Crippen LogP contribution in [-0.2, 0) is 4.79 Å². The lowest BCUT2D eigenvalue weighted by Crippen LogP contribution is -2.13. The van der Waals surface area contributed by atoms with Gasteiger partial charge in [0.2, 0.25) is 0 Å². The molecule has 0 fully saturated rings. The lowest BCUT2D eigenvalue weighted by Gasteiger charge is -2.04. The predicted molar refractivity (Wildman–Crippen MR) is 106 cm³/mol. The maximum Gasteiger partial charge on any atom is 0.270 e. The summed E-state index contributed by atoms with van der Waals surface area (Å²) in [4.78, 5) is 22.5. The first-order valence-electron chi connectivity index (χ1n) is 8.13. The van der Waals surface area contributed by atoms with E-state index >= 15 is 0 Å². The number of hydrogen-bond donors (Lipinski definition) is 2. The normalized spacial score (nSPS) is 11.0. The second-order valence-electron chi connectivity index (χ2n) is 5.79. The van der Waals surface area contributed by atoms with Gasteiger partial charge in [-0.25, -0.2) is 0 Å². The Kier molecular flexibility index (Phi) is 5.62. The van der Waals surface area contributed by atoms with Crippen LogP contribution in [0.15, 0.2) is 64.6 Å². The minimum Gasteiger partial charge on any atom is -0.508 e. The Morgan fingerprint density at radius 1 is 1.21 bits per heavy atom. The number of non-ortho nitro benzene ring substituents is 1. The van der Waals surface area contributed by atoms with Crippen LogP contribution in [0.3, 0.4) is 0 Å². The van der Waals surface area contributed by atoms with E-state index in [0.29, 0.717) is 17.0 Å². The van der Waals surface area contributed by atoms with Crippen molar-refractivity contribution in [2.24, 2.45) is 0 Å². The summed E-state index contributed by atoms with van der Waals surface area (Å²) in [6.07, 6.45) is 1.26. The van der Waals surface area contributed by atoms with Gasteiger partial charge < -0.3 is 14.8 Å². The van der Waals surface area contributed by atoms with E-state index in [1.54, 1.807) is 12.1 Å². The first-order valence-corrected chi connectivity index (χ1v) is 8.51. The average Bonchev–Trinajstić information content (AvgIpc) is 3.16. The monoisotopic (exact) mass is 409 g/mol. The van der Waals surface area contributed by atoms with Gasteiger partial charge in [0, 0.05) is 29.5 Å². The van der Waals surface area contributed by atoms with Gasteiger partial charge in [0.15, 0.2) is 0 Å². The van der Waals surface area contributed by atoms with Gasteiger partial charge >= 0.3 is 0 Å². The lowest BCUT2D eigenvalue weighted by atomic mass is 10.1. The average molecular weight is 410 g/mol. The number of benzene rings is 2. The molecule has 0 radical (unpaired) electrons. The van der Waals surface area contributed by atoms with Crippen molar-refractivity contribution in [2.45, 2.75) is 0 Å². The summed E-state index contributed by atoms with van der Waals surface area (Å²) in [6.45, 7) is 0. The summed E-state index contributed by atoms with van der Waals surface area (Å²) in [5.74, 6) is -0.0456. The Balaban J connectivity index is 1.82. The van der Waals surface area contributed by atoms with Gasteiger partial charge in [-0.1, -0.05) is 11.6 Å². The highest BCUT2D eigenvalue weighted by molar-refractivity contribution is 6.33. The number of nitro groups is 1. The highest BCUT2D eigenvalue weighted by atomic mass is 35.5. The summed E-state index contributed by atoms with van der Waals surface area (Å²) in [5, 5.41) is 32.0. The number of hydrogen-bond acceptors (Lipinski definition) is 6. The number of anilines is 1. The summed E-state index contributed by atoms with van der Waals surface area (Å²) in [7, 11) is 0. The van der Waals surface area contributed by atoms with E-state index in [1.165, 1.54) is 54.6 Å². The van der Waals surface area contributed by atoms with E-state index in [2.05, 4.69) is 5.32 Å². The second kappa shape index (κ2) is 8.29. The van der Waals surface area contributed by atoms with Gasteiger partial charge in [-0.15, -0.1) is 0 Å². The van der Waals surface area contributed by atoms with Crippen LogP contribution in [0.1, 0.15) is 5.76 Å². The van der Waals surface area contributed by atoms with Gasteiger partial charge in [0.05, 0.1) is 9.95 Å². The van der Waals surface area contributed by atoms with Gasteiger partial charge in [-0.05, 0) is 42.5 Å². The number of aromatic hydroxyl groups is 1. The molecule has 1 amide bonds. The Morgan fingerprint density at radius 3 is 2.55 bits per heavy atom. The molecule has 8 nitrogen and oxygen atoms in total. The van der Waals surface area contributed by atoms with Crippen LogP contribution >= 0.6 is 11.6 Å². The molecule has 0 saturated carbocycles. The highest BCUT2D eigenvalue weighted by Crippen LogP contribution is 2.32. The Labute approximate surface area is 169 Å². The molecule has 1 aromatic heterocycles. The quantitative estimate of drug-likeness (QED) is 0.205. The number of nitrogens with zero attached hydrogens (tertiary/aromatic N) is 2. The van der Waals surface area contributed by atoms with E-state index in [0.717, 1.165) is 0 Å². The number of phenols is 1. The first kappa shape index (κ1) is 19.7. The number of furan rings is 1. The van der Waals surface area contributed by atoms with Crippen molar-refractivity contribution >= 4 is 35.0 Å². The third kappa shape index (κ3) is 4.61. The minimum atomic E-state index is -0.649. The highest BCUT2D eigenvalue weighted by Gasteiger charge is 2.15. The van der Waals surface area contributed by atoms with Crippen molar-refractivity contribution in [1.82, 2.24) is 0 Å². The van der Waals surface area contributed by atoms with Crippen molar-refractivity contribution in [2.75, 3.05) is 5.32 Å². The molecule has 1 heterocycles. The topological polar surface area (TPSA) is 129 Å². The number of nitrogens with one attached hydrogen (secondary N) is 1. The summed E-state index contributed by atoms with van der Waals surface area (Å²) >= 11 is 6.09. The van der Waals surface area contributed by atoms with Crippen molar-refractivity contribution in [3.8, 4) is 23.1 Å². The van der Waals surface area contributed by atoms with Gasteiger partial charge in [0.1, 0.15) is 28.9 Å². The fourth-order valence-electron chi connectivity index (χ4n) is 2.43. The smallest absolute Gasteiger partial charge is 0.270 e. The van der Waals surface area contributed by atoms with E-state index in [1.807, 2.05) is 0 Å². The molecule has 144 valence electrons. The van der Waals surface area contributed by atoms with Crippen LogP contribution in [0.25, 0.3) is 17.4 Å². The summed E-state index contributed by atoms with van der Waals surface area (Å²) < 4.78 is 5.60. The van der Waals surface area contributed by atoms with Crippen molar-refractivity contribution in [3.63, 3.8) is 0 Å². The van der Waals surface area contributed by atoms with Crippen molar-refractivity contribution in [3.05, 3.63) is 81.1 Å². The van der Waals surface area contributed by atoms with Crippen molar-refractivity contribution < 1.29 is 19.2 Å². The molecule has 29 heavy (non-hydrogen) atoms. The zero-order valence-electron chi connectivity index (χ0n) is 14.6. The minimum absolute atomic E-state index is 0.0482. The Bertz CT molecular complexity index is 1160. The molecule has 0 aliphatic heterocycles. The van der Waals surface area contributed by atoms with E-state index in [4.69, 9.17) is 16.0 Å². The fourth-order valence-corrected chi connectivity index (χ4v) is 2.69. The number of nitro benzene ring substituents is 1. The molecule has 3 aromatic rings. The number of amides is 1. The third-order valence-corrected chi connectivity index (χ3v) is 4.15. The Morgan fingerprint density at radius 2 is 1.93 bits per heavy atom. The number of carbonyl (C=O) groups is 1. The van der Waals surface area contributed by atoms with Crippen LogP contribution in [0.4, 0.5) is 11.4 Å². The van der Waals surface area contributed by atoms with Crippen molar-refractivity contribution in [1.29, 1.82) is 5.26 Å². The number of rotatable bonds is 5. The largest absolute Gasteiger partial charge is 0.508 e.